The molecular formula is C12H15FN4O4. The highest BCUT2D eigenvalue weighted by Crippen LogP contribution is 2.30. The average molecular weight is 298 g/mol. The lowest BCUT2D eigenvalue weighted by Crippen LogP contribution is -2.51. The predicted molar refractivity (Wildman–Crippen MR) is 72.1 cm³/mol. The fraction of sp³-hybridized carbons (Fsp3) is 0.500. The van der Waals surface area contributed by atoms with Crippen LogP contribution in [0.15, 0.2) is 18.5 Å². The Kier molecular flexibility index (Phi) is 4.51. The van der Waals surface area contributed by atoms with Gasteiger partial charge >= 0.3 is 11.8 Å². The lowest BCUT2D eigenvalue weighted by Gasteiger charge is -2.37. The molecule has 1 amide bonds. The molecule has 0 spiro atoms. The summed E-state index contributed by atoms with van der Waals surface area (Å²) in [5.74, 6) is -0.372. The minimum Gasteiger partial charge on any atom is -0.465 e. The SMILES string of the molecule is O=C(O)NC1CC(CF)CN(c2ccncc2[N+](=O)[O-])C1. The van der Waals surface area contributed by atoms with Gasteiger partial charge in [0, 0.05) is 25.2 Å². The van der Waals surface area contributed by atoms with Crippen molar-refractivity contribution in [3.63, 3.8) is 0 Å². The summed E-state index contributed by atoms with van der Waals surface area (Å²) in [5, 5.41) is 22.1. The molecule has 1 fully saturated rings. The average Bonchev–Trinajstić information content (AvgIpc) is 2.46. The van der Waals surface area contributed by atoms with Crippen LogP contribution in [0.5, 0.6) is 0 Å². The van der Waals surface area contributed by atoms with E-state index in [0.29, 0.717) is 18.7 Å². The number of rotatable bonds is 4. The van der Waals surface area contributed by atoms with E-state index in [1.807, 2.05) is 0 Å². The van der Waals surface area contributed by atoms with Crippen LogP contribution in [0.2, 0.25) is 0 Å². The molecule has 1 saturated heterocycles. The molecule has 0 bridgehead atoms. The number of carboxylic acid groups (broad SMARTS) is 1. The molecular weight excluding hydrogens is 283 g/mol. The van der Waals surface area contributed by atoms with Crippen molar-refractivity contribution in [1.29, 1.82) is 0 Å². The normalized spacial score (nSPS) is 21.9. The maximum Gasteiger partial charge on any atom is 0.404 e. The Hall–Kier alpha value is -2.45. The first-order valence-electron chi connectivity index (χ1n) is 6.40. The number of nitro groups is 1. The van der Waals surface area contributed by atoms with Crippen molar-refractivity contribution in [1.82, 2.24) is 10.3 Å². The van der Waals surface area contributed by atoms with Crippen molar-refractivity contribution in [2.45, 2.75) is 12.5 Å². The van der Waals surface area contributed by atoms with Gasteiger partial charge < -0.3 is 15.3 Å². The van der Waals surface area contributed by atoms with Gasteiger partial charge in [0.05, 0.1) is 17.6 Å². The molecule has 2 atom stereocenters. The zero-order valence-corrected chi connectivity index (χ0v) is 11.1. The number of amides is 1. The predicted octanol–water partition coefficient (Wildman–Crippen LogP) is 1.42. The number of pyridine rings is 1. The number of aromatic nitrogens is 1. The molecule has 1 aliphatic rings. The third-order valence-corrected chi connectivity index (χ3v) is 3.40. The molecule has 0 aromatic carbocycles. The molecule has 1 aromatic rings. The lowest BCUT2D eigenvalue weighted by molar-refractivity contribution is -0.384. The molecule has 1 aliphatic heterocycles. The van der Waals surface area contributed by atoms with E-state index < -0.39 is 23.7 Å². The number of anilines is 1. The van der Waals surface area contributed by atoms with E-state index >= 15 is 0 Å². The van der Waals surface area contributed by atoms with Crippen LogP contribution in [0, 0.1) is 16.0 Å². The Labute approximate surface area is 119 Å². The van der Waals surface area contributed by atoms with E-state index in [1.165, 1.54) is 12.3 Å². The number of halogens is 1. The minimum atomic E-state index is -1.19. The van der Waals surface area contributed by atoms with Crippen LogP contribution in [-0.2, 0) is 0 Å². The summed E-state index contributed by atoms with van der Waals surface area (Å²) >= 11 is 0. The summed E-state index contributed by atoms with van der Waals surface area (Å²) in [6.45, 7) is -0.0417. The molecule has 114 valence electrons. The Morgan fingerprint density at radius 3 is 3.00 bits per heavy atom. The number of hydrogen-bond acceptors (Lipinski definition) is 5. The smallest absolute Gasteiger partial charge is 0.404 e. The summed E-state index contributed by atoms with van der Waals surface area (Å²) in [5.41, 5.74) is 0.149. The largest absolute Gasteiger partial charge is 0.465 e. The van der Waals surface area contributed by atoms with Gasteiger partial charge in [-0.05, 0) is 12.5 Å². The number of piperidine rings is 1. The van der Waals surface area contributed by atoms with Gasteiger partial charge in [0.25, 0.3) is 0 Å². The summed E-state index contributed by atoms with van der Waals surface area (Å²) in [4.78, 5) is 26.6. The van der Waals surface area contributed by atoms with E-state index in [1.54, 1.807) is 4.90 Å². The summed E-state index contributed by atoms with van der Waals surface area (Å²) in [6, 6.07) is 1.01. The first kappa shape index (κ1) is 14.9. The van der Waals surface area contributed by atoms with Crippen molar-refractivity contribution in [2.75, 3.05) is 24.7 Å². The Balaban J connectivity index is 2.25. The third kappa shape index (κ3) is 3.56. The van der Waals surface area contributed by atoms with Gasteiger partial charge in [-0.1, -0.05) is 0 Å². The topological polar surface area (TPSA) is 109 Å². The van der Waals surface area contributed by atoms with Gasteiger partial charge in [-0.2, -0.15) is 0 Å². The third-order valence-electron chi connectivity index (χ3n) is 3.40. The summed E-state index contributed by atoms with van der Waals surface area (Å²) in [7, 11) is 0. The van der Waals surface area contributed by atoms with Crippen LogP contribution in [0.4, 0.5) is 20.6 Å². The van der Waals surface area contributed by atoms with Crippen LogP contribution >= 0.6 is 0 Å². The summed E-state index contributed by atoms with van der Waals surface area (Å²) in [6.07, 6.45) is 1.73. The Morgan fingerprint density at radius 2 is 2.38 bits per heavy atom. The molecule has 0 radical (unpaired) electrons. The highest BCUT2D eigenvalue weighted by Gasteiger charge is 2.31. The first-order valence-corrected chi connectivity index (χ1v) is 6.40. The number of nitrogens with one attached hydrogen (secondary N) is 1. The van der Waals surface area contributed by atoms with E-state index in [-0.39, 0.29) is 18.2 Å². The monoisotopic (exact) mass is 298 g/mol. The summed E-state index contributed by atoms with van der Waals surface area (Å²) < 4.78 is 13.0. The maximum atomic E-state index is 13.0. The van der Waals surface area contributed by atoms with Gasteiger partial charge in [-0.25, -0.2) is 4.79 Å². The molecule has 2 unspecified atom stereocenters. The highest BCUT2D eigenvalue weighted by molar-refractivity contribution is 5.66. The number of hydrogen-bond donors (Lipinski definition) is 2. The van der Waals surface area contributed by atoms with E-state index in [9.17, 15) is 19.3 Å². The lowest BCUT2D eigenvalue weighted by atomic mass is 9.95. The van der Waals surface area contributed by atoms with Gasteiger partial charge in [-0.3, -0.25) is 19.5 Å². The molecule has 2 rings (SSSR count). The zero-order chi connectivity index (χ0) is 15.4. The molecule has 8 nitrogen and oxygen atoms in total. The van der Waals surface area contributed by atoms with E-state index in [0.717, 1.165) is 6.20 Å². The second-order valence-electron chi connectivity index (χ2n) is 4.93. The van der Waals surface area contributed by atoms with E-state index in [4.69, 9.17) is 5.11 Å². The van der Waals surface area contributed by atoms with Crippen molar-refractivity contribution in [2.24, 2.45) is 5.92 Å². The van der Waals surface area contributed by atoms with Gasteiger partial charge in [0.1, 0.15) is 11.9 Å². The molecule has 0 saturated carbocycles. The second-order valence-corrected chi connectivity index (χ2v) is 4.93. The molecule has 1 aromatic heterocycles. The zero-order valence-electron chi connectivity index (χ0n) is 11.1. The Bertz CT molecular complexity index is 542. The first-order chi connectivity index (χ1) is 10.0. The number of alkyl halides is 1. The maximum absolute atomic E-state index is 13.0. The van der Waals surface area contributed by atoms with Gasteiger partial charge in [0.2, 0.25) is 0 Å². The van der Waals surface area contributed by atoms with Crippen molar-refractivity contribution < 1.29 is 19.2 Å². The standard InChI is InChI=1S/C12H15FN4O4/c13-4-8-3-9(15-12(18)19)7-16(6-8)10-1-2-14-5-11(10)17(20)21/h1-2,5,8-9,15H,3-4,6-7H2,(H,18,19). The van der Waals surface area contributed by atoms with Crippen LogP contribution in [0.3, 0.4) is 0 Å². The molecule has 21 heavy (non-hydrogen) atoms. The minimum absolute atomic E-state index is 0.175. The Morgan fingerprint density at radius 1 is 1.62 bits per heavy atom. The van der Waals surface area contributed by atoms with Gasteiger partial charge in [0.15, 0.2) is 0 Å². The van der Waals surface area contributed by atoms with Gasteiger partial charge in [-0.15, -0.1) is 0 Å². The van der Waals surface area contributed by atoms with Crippen molar-refractivity contribution >= 4 is 17.5 Å². The van der Waals surface area contributed by atoms with Crippen molar-refractivity contribution in [3.8, 4) is 0 Å². The fourth-order valence-corrected chi connectivity index (χ4v) is 2.58. The second kappa shape index (κ2) is 6.33. The molecule has 2 N–H and O–H groups in total. The van der Waals surface area contributed by atoms with Crippen LogP contribution in [-0.4, -0.2) is 46.9 Å². The number of nitrogens with zero attached hydrogens (tertiary/aromatic N) is 3. The fourth-order valence-electron chi connectivity index (χ4n) is 2.58. The molecule has 2 heterocycles. The van der Waals surface area contributed by atoms with E-state index in [2.05, 4.69) is 10.3 Å². The van der Waals surface area contributed by atoms with Crippen LogP contribution in [0.25, 0.3) is 0 Å². The molecule has 9 heteroatoms. The van der Waals surface area contributed by atoms with Crippen LogP contribution in [0.1, 0.15) is 6.42 Å². The highest BCUT2D eigenvalue weighted by atomic mass is 19.1. The van der Waals surface area contributed by atoms with Crippen LogP contribution < -0.4 is 10.2 Å². The number of carbonyl (C=O) groups is 1. The quantitative estimate of drug-likeness (QED) is 0.643. The van der Waals surface area contributed by atoms with Crippen molar-refractivity contribution in [3.05, 3.63) is 28.6 Å². The molecule has 0 aliphatic carbocycles.